The molecule has 1 aliphatic rings. The van der Waals surface area contributed by atoms with Gasteiger partial charge in [0.25, 0.3) is 0 Å². The number of halogens is 3. The Hall–Kier alpha value is 0.150. The molecular formula is C13H16BrCl2NO3S. The molecule has 1 saturated carbocycles. The van der Waals surface area contributed by atoms with Gasteiger partial charge in [0, 0.05) is 11.0 Å². The van der Waals surface area contributed by atoms with Gasteiger partial charge in [-0.1, -0.05) is 52.0 Å². The topological polar surface area (TPSA) is 66.4 Å². The number of hydrogen-bond donors (Lipinski definition) is 2. The molecule has 2 atom stereocenters. The van der Waals surface area contributed by atoms with Crippen LogP contribution in [0.15, 0.2) is 21.5 Å². The molecule has 2 N–H and O–H groups in total. The highest BCUT2D eigenvalue weighted by molar-refractivity contribution is 9.10. The Kier molecular flexibility index (Phi) is 5.96. The van der Waals surface area contributed by atoms with Gasteiger partial charge in [-0.05, 0) is 30.9 Å². The lowest BCUT2D eigenvalue weighted by molar-refractivity contribution is 0.0724. The Labute approximate surface area is 143 Å². The van der Waals surface area contributed by atoms with E-state index in [1.165, 1.54) is 12.1 Å². The van der Waals surface area contributed by atoms with Crippen LogP contribution in [0.2, 0.25) is 10.0 Å². The lowest BCUT2D eigenvalue weighted by Crippen LogP contribution is -2.36. The van der Waals surface area contributed by atoms with Crippen molar-refractivity contribution in [1.29, 1.82) is 0 Å². The summed E-state index contributed by atoms with van der Waals surface area (Å²) in [7, 11) is -3.81. The number of aliphatic hydroxyl groups excluding tert-OH is 1. The van der Waals surface area contributed by atoms with Gasteiger partial charge < -0.3 is 5.11 Å². The van der Waals surface area contributed by atoms with Crippen molar-refractivity contribution in [1.82, 2.24) is 4.72 Å². The van der Waals surface area contributed by atoms with E-state index < -0.39 is 16.1 Å². The standard InChI is InChI=1S/C13H16BrCl2NO3S/c14-9-5-10(15)13(11(16)6-9)21(19,20)17-7-8-3-1-2-4-12(8)18/h5-6,8,12,17-18H,1-4,7H2. The molecule has 21 heavy (non-hydrogen) atoms. The fourth-order valence-electron chi connectivity index (χ4n) is 2.50. The van der Waals surface area contributed by atoms with Gasteiger partial charge in [-0.25, -0.2) is 13.1 Å². The zero-order valence-corrected chi connectivity index (χ0v) is 15.1. The van der Waals surface area contributed by atoms with Gasteiger partial charge >= 0.3 is 0 Å². The lowest BCUT2D eigenvalue weighted by Gasteiger charge is -2.27. The SMILES string of the molecule is O=S(=O)(NCC1CCCCC1O)c1c(Cl)cc(Br)cc1Cl. The minimum Gasteiger partial charge on any atom is -0.393 e. The predicted molar refractivity (Wildman–Crippen MR) is 87.3 cm³/mol. The second-order valence-electron chi connectivity index (χ2n) is 5.16. The fraction of sp³-hybridized carbons (Fsp3) is 0.538. The lowest BCUT2D eigenvalue weighted by atomic mass is 9.87. The quantitative estimate of drug-likeness (QED) is 0.788. The van der Waals surface area contributed by atoms with Gasteiger partial charge in [0.15, 0.2) is 0 Å². The van der Waals surface area contributed by atoms with Crippen LogP contribution in [-0.2, 0) is 10.0 Å². The largest absolute Gasteiger partial charge is 0.393 e. The number of benzene rings is 1. The first kappa shape index (κ1) is 17.5. The van der Waals surface area contributed by atoms with Crippen molar-refractivity contribution in [3.05, 3.63) is 26.7 Å². The summed E-state index contributed by atoms with van der Waals surface area (Å²) >= 11 is 15.2. The molecule has 0 spiro atoms. The van der Waals surface area contributed by atoms with E-state index >= 15 is 0 Å². The molecule has 0 radical (unpaired) electrons. The summed E-state index contributed by atoms with van der Waals surface area (Å²) in [6.45, 7) is 0.187. The Morgan fingerprint density at radius 1 is 1.24 bits per heavy atom. The molecule has 1 aromatic rings. The van der Waals surface area contributed by atoms with Gasteiger partial charge in [0.05, 0.1) is 16.1 Å². The van der Waals surface area contributed by atoms with E-state index in [2.05, 4.69) is 20.7 Å². The van der Waals surface area contributed by atoms with E-state index in [1.54, 1.807) is 0 Å². The van der Waals surface area contributed by atoms with Crippen LogP contribution in [0.5, 0.6) is 0 Å². The maximum Gasteiger partial charge on any atom is 0.243 e. The molecule has 0 aliphatic heterocycles. The van der Waals surface area contributed by atoms with Crippen molar-refractivity contribution < 1.29 is 13.5 Å². The molecule has 0 saturated heterocycles. The Bertz CT molecular complexity index is 601. The van der Waals surface area contributed by atoms with Crippen molar-refractivity contribution >= 4 is 49.2 Å². The molecule has 2 rings (SSSR count). The normalized spacial score (nSPS) is 23.2. The molecular weight excluding hydrogens is 401 g/mol. The van der Waals surface area contributed by atoms with Crippen LogP contribution in [0.1, 0.15) is 25.7 Å². The van der Waals surface area contributed by atoms with Gasteiger partial charge in [-0.15, -0.1) is 0 Å². The molecule has 0 aromatic heterocycles. The van der Waals surface area contributed by atoms with Crippen LogP contribution in [-0.4, -0.2) is 26.2 Å². The summed E-state index contributed by atoms with van der Waals surface area (Å²) in [4.78, 5) is -0.126. The number of rotatable bonds is 4. The fourth-order valence-corrected chi connectivity index (χ4v) is 5.53. The third kappa shape index (κ3) is 4.33. The minimum atomic E-state index is -3.81. The first-order valence-electron chi connectivity index (χ1n) is 6.63. The molecule has 0 bridgehead atoms. The second-order valence-corrected chi connectivity index (χ2v) is 8.60. The van der Waals surface area contributed by atoms with E-state index in [1.807, 2.05) is 0 Å². The summed E-state index contributed by atoms with van der Waals surface area (Å²) in [5.74, 6) is -0.0680. The third-order valence-electron chi connectivity index (χ3n) is 3.64. The van der Waals surface area contributed by atoms with Crippen LogP contribution in [0.3, 0.4) is 0 Å². The average Bonchev–Trinajstić information content (AvgIpc) is 2.36. The summed E-state index contributed by atoms with van der Waals surface area (Å²) in [5.41, 5.74) is 0. The third-order valence-corrected chi connectivity index (χ3v) is 6.44. The van der Waals surface area contributed by atoms with Crippen molar-refractivity contribution in [2.75, 3.05) is 6.54 Å². The Morgan fingerprint density at radius 2 is 1.81 bits per heavy atom. The number of aliphatic hydroxyl groups is 1. The first-order chi connectivity index (χ1) is 9.81. The molecule has 8 heteroatoms. The average molecular weight is 417 g/mol. The molecule has 4 nitrogen and oxygen atoms in total. The van der Waals surface area contributed by atoms with Crippen LogP contribution >= 0.6 is 39.1 Å². The number of hydrogen-bond acceptors (Lipinski definition) is 3. The monoisotopic (exact) mass is 415 g/mol. The van der Waals surface area contributed by atoms with Crippen LogP contribution in [0.25, 0.3) is 0 Å². The van der Waals surface area contributed by atoms with E-state index in [0.717, 1.165) is 19.3 Å². The summed E-state index contributed by atoms with van der Waals surface area (Å²) in [5, 5.41) is 10.0. The second kappa shape index (κ2) is 7.15. The highest BCUT2D eigenvalue weighted by Crippen LogP contribution is 2.33. The molecule has 1 fully saturated rings. The molecule has 0 heterocycles. The van der Waals surface area contributed by atoms with Crippen LogP contribution in [0, 0.1) is 5.92 Å². The van der Waals surface area contributed by atoms with Crippen LogP contribution < -0.4 is 4.72 Å². The molecule has 118 valence electrons. The molecule has 1 aliphatic carbocycles. The molecule has 0 amide bonds. The van der Waals surface area contributed by atoms with E-state index in [4.69, 9.17) is 23.2 Å². The number of sulfonamides is 1. The van der Waals surface area contributed by atoms with E-state index in [9.17, 15) is 13.5 Å². The Balaban J connectivity index is 2.15. The molecule has 2 unspecified atom stereocenters. The van der Waals surface area contributed by atoms with Gasteiger partial charge in [-0.2, -0.15) is 0 Å². The summed E-state index contributed by atoms with van der Waals surface area (Å²) in [6, 6.07) is 2.97. The Morgan fingerprint density at radius 3 is 2.38 bits per heavy atom. The zero-order valence-electron chi connectivity index (χ0n) is 11.2. The smallest absolute Gasteiger partial charge is 0.243 e. The zero-order chi connectivity index (χ0) is 15.6. The maximum absolute atomic E-state index is 12.4. The first-order valence-corrected chi connectivity index (χ1v) is 9.67. The van der Waals surface area contributed by atoms with Gasteiger partial charge in [0.1, 0.15) is 4.90 Å². The van der Waals surface area contributed by atoms with E-state index in [-0.39, 0.29) is 27.4 Å². The van der Waals surface area contributed by atoms with Crippen LogP contribution in [0.4, 0.5) is 0 Å². The number of nitrogens with one attached hydrogen (secondary N) is 1. The maximum atomic E-state index is 12.4. The molecule has 1 aromatic carbocycles. The predicted octanol–water partition coefficient (Wildman–Crippen LogP) is 3.59. The van der Waals surface area contributed by atoms with Crippen molar-refractivity contribution in [2.24, 2.45) is 5.92 Å². The van der Waals surface area contributed by atoms with Crippen molar-refractivity contribution in [3.63, 3.8) is 0 Å². The highest BCUT2D eigenvalue weighted by Gasteiger charge is 2.27. The van der Waals surface area contributed by atoms with E-state index in [0.29, 0.717) is 10.9 Å². The highest BCUT2D eigenvalue weighted by atomic mass is 79.9. The van der Waals surface area contributed by atoms with Gasteiger partial charge in [0.2, 0.25) is 10.0 Å². The van der Waals surface area contributed by atoms with Crippen molar-refractivity contribution in [3.8, 4) is 0 Å². The van der Waals surface area contributed by atoms with Gasteiger partial charge in [-0.3, -0.25) is 0 Å². The van der Waals surface area contributed by atoms with Crippen molar-refractivity contribution in [2.45, 2.75) is 36.7 Å². The summed E-state index contributed by atoms with van der Waals surface area (Å²) in [6.07, 6.45) is 3.05. The summed E-state index contributed by atoms with van der Waals surface area (Å²) < 4.78 is 27.8. The minimum absolute atomic E-state index is 0.0612.